The minimum atomic E-state index is -2.37. The van der Waals surface area contributed by atoms with Gasteiger partial charge in [-0.3, -0.25) is 0 Å². The molecule has 4 aromatic carbocycles. The topological polar surface area (TPSA) is 0 Å². The zero-order chi connectivity index (χ0) is 25.1. The summed E-state index contributed by atoms with van der Waals surface area (Å²) in [6, 6.07) is 18.9. The van der Waals surface area contributed by atoms with Gasteiger partial charge in [0.15, 0.2) is 23.3 Å². The Balaban J connectivity index is 1.43. The van der Waals surface area contributed by atoms with Gasteiger partial charge in [-0.1, -0.05) is 60.7 Å². The van der Waals surface area contributed by atoms with Gasteiger partial charge >= 0.3 is 6.08 Å². The van der Waals surface area contributed by atoms with Crippen molar-refractivity contribution in [2.45, 2.75) is 12.8 Å². The van der Waals surface area contributed by atoms with Gasteiger partial charge in [0.25, 0.3) is 0 Å². The Morgan fingerprint density at radius 1 is 0.514 bits per heavy atom. The summed E-state index contributed by atoms with van der Waals surface area (Å²) >= 11 is 0. The number of aryl methyl sites for hydroxylation is 2. The van der Waals surface area contributed by atoms with Crippen LogP contribution in [0, 0.1) is 23.3 Å². The van der Waals surface area contributed by atoms with Crippen LogP contribution in [0.4, 0.5) is 30.7 Å². The summed E-state index contributed by atoms with van der Waals surface area (Å²) in [5, 5.41) is 0. The number of rotatable bonds is 6. The second-order valence-corrected chi connectivity index (χ2v) is 7.92. The molecule has 0 aliphatic heterocycles. The number of hydrogen-bond acceptors (Lipinski definition) is 0. The van der Waals surface area contributed by atoms with Gasteiger partial charge in [-0.05, 0) is 58.9 Å². The molecule has 0 aliphatic carbocycles. The highest BCUT2D eigenvalue weighted by Gasteiger charge is 2.14. The molecule has 0 spiro atoms. The van der Waals surface area contributed by atoms with Crippen LogP contribution in [0.1, 0.15) is 16.7 Å². The molecule has 7 heteroatoms. The lowest BCUT2D eigenvalue weighted by molar-refractivity contribution is 0.410. The molecule has 178 valence electrons. The quantitative estimate of drug-likeness (QED) is 0.189. The highest BCUT2D eigenvalue weighted by molar-refractivity contribution is 5.68. The third-order valence-electron chi connectivity index (χ3n) is 5.62. The zero-order valence-electron chi connectivity index (χ0n) is 18.1. The lowest BCUT2D eigenvalue weighted by atomic mass is 9.98. The molecular formula is C28H17F7. The second kappa shape index (κ2) is 10.2. The highest BCUT2D eigenvalue weighted by Crippen LogP contribution is 2.28. The fraction of sp³-hybridized carbons (Fsp3) is 0.0714. The van der Waals surface area contributed by atoms with Gasteiger partial charge < -0.3 is 0 Å². The third kappa shape index (κ3) is 5.45. The van der Waals surface area contributed by atoms with Gasteiger partial charge in [0, 0.05) is 11.1 Å². The maximum absolute atomic E-state index is 14.6. The Bertz CT molecular complexity index is 1360. The first kappa shape index (κ1) is 24.3. The number of benzene rings is 4. The average molecular weight is 486 g/mol. The molecule has 0 heterocycles. The Labute approximate surface area is 197 Å². The van der Waals surface area contributed by atoms with E-state index in [1.165, 1.54) is 24.3 Å². The van der Waals surface area contributed by atoms with Crippen molar-refractivity contribution < 1.29 is 30.7 Å². The molecule has 0 bridgehead atoms. The maximum atomic E-state index is 14.6. The van der Waals surface area contributed by atoms with E-state index in [-0.39, 0.29) is 16.7 Å². The van der Waals surface area contributed by atoms with Crippen LogP contribution < -0.4 is 0 Å². The van der Waals surface area contributed by atoms with Crippen LogP contribution in [0.15, 0.2) is 84.9 Å². The largest absolute Gasteiger partial charge is 0.306 e. The molecule has 4 aromatic rings. The van der Waals surface area contributed by atoms with E-state index in [0.29, 0.717) is 18.4 Å². The van der Waals surface area contributed by atoms with Gasteiger partial charge in [0.1, 0.15) is 5.82 Å². The maximum Gasteiger partial charge on any atom is 0.306 e. The summed E-state index contributed by atoms with van der Waals surface area (Å²) in [5.74, 6) is -6.60. The normalized spacial score (nSPS) is 10.9. The Morgan fingerprint density at radius 3 is 1.57 bits per heavy atom. The van der Waals surface area contributed by atoms with Crippen LogP contribution >= 0.6 is 0 Å². The molecule has 0 aromatic heterocycles. The summed E-state index contributed by atoms with van der Waals surface area (Å²) in [5.41, 5.74) is 2.86. The molecule has 0 unspecified atom stereocenters. The van der Waals surface area contributed by atoms with Crippen molar-refractivity contribution >= 4 is 5.83 Å². The van der Waals surface area contributed by atoms with Crippen LogP contribution in [0.5, 0.6) is 0 Å². The zero-order valence-corrected chi connectivity index (χ0v) is 18.1. The minimum absolute atomic E-state index is 0.0356. The lowest BCUT2D eigenvalue weighted by Gasteiger charge is -2.09. The molecule has 0 aliphatic rings. The molecule has 4 rings (SSSR count). The molecule has 0 fully saturated rings. The fourth-order valence-electron chi connectivity index (χ4n) is 3.73. The molecule has 0 saturated carbocycles. The average Bonchev–Trinajstić information content (AvgIpc) is 2.85. The first-order valence-electron chi connectivity index (χ1n) is 10.6. The van der Waals surface area contributed by atoms with Crippen LogP contribution in [0.3, 0.4) is 0 Å². The van der Waals surface area contributed by atoms with Crippen molar-refractivity contribution in [2.75, 3.05) is 0 Å². The SMILES string of the molecule is FC(F)=C(F)c1ccc(-c2ccc(CCc3ccc(-c4cc(F)c(F)c(F)c4)c(F)c3)cc2)cc1. The summed E-state index contributed by atoms with van der Waals surface area (Å²) in [7, 11) is 0. The monoisotopic (exact) mass is 486 g/mol. The van der Waals surface area contributed by atoms with E-state index in [9.17, 15) is 30.7 Å². The summed E-state index contributed by atoms with van der Waals surface area (Å²) < 4.78 is 92.8. The Kier molecular flexibility index (Phi) is 7.05. The van der Waals surface area contributed by atoms with Crippen LogP contribution in [0.2, 0.25) is 0 Å². The van der Waals surface area contributed by atoms with Crippen LogP contribution in [-0.4, -0.2) is 0 Å². The first-order valence-corrected chi connectivity index (χ1v) is 10.6. The first-order chi connectivity index (χ1) is 16.7. The molecule has 0 saturated heterocycles. The molecule has 0 N–H and O–H groups in total. The smallest absolute Gasteiger partial charge is 0.206 e. The molecule has 0 atom stereocenters. The van der Waals surface area contributed by atoms with Crippen molar-refractivity contribution in [3.63, 3.8) is 0 Å². The van der Waals surface area contributed by atoms with Crippen molar-refractivity contribution in [2.24, 2.45) is 0 Å². The van der Waals surface area contributed by atoms with Gasteiger partial charge in [-0.2, -0.15) is 8.78 Å². The molecular weight excluding hydrogens is 469 g/mol. The molecule has 0 amide bonds. The minimum Gasteiger partial charge on any atom is -0.206 e. The summed E-state index contributed by atoms with van der Waals surface area (Å²) in [4.78, 5) is 0. The Hall–Kier alpha value is -3.87. The van der Waals surface area contributed by atoms with Crippen LogP contribution in [0.25, 0.3) is 28.1 Å². The molecule has 0 nitrogen and oxygen atoms in total. The van der Waals surface area contributed by atoms with Crippen molar-refractivity contribution in [1.29, 1.82) is 0 Å². The number of halogens is 7. The van der Waals surface area contributed by atoms with E-state index in [2.05, 4.69) is 0 Å². The van der Waals surface area contributed by atoms with E-state index in [1.807, 2.05) is 24.3 Å². The van der Waals surface area contributed by atoms with Crippen LogP contribution in [-0.2, 0) is 12.8 Å². The lowest BCUT2D eigenvalue weighted by Crippen LogP contribution is -1.96. The Morgan fingerprint density at radius 2 is 1.03 bits per heavy atom. The fourth-order valence-corrected chi connectivity index (χ4v) is 3.73. The van der Waals surface area contributed by atoms with Gasteiger partial charge in [0.2, 0.25) is 0 Å². The third-order valence-corrected chi connectivity index (χ3v) is 5.62. The van der Waals surface area contributed by atoms with E-state index in [0.717, 1.165) is 28.8 Å². The number of hydrogen-bond donors (Lipinski definition) is 0. The standard InChI is InChI=1S/C28H17F7/c29-23-13-17(5-12-22(23)21-14-24(30)27(33)25(31)15-21)2-1-16-3-6-18(7-4-16)19-8-10-20(11-9-19)26(32)28(34)35/h3-15H,1-2H2. The van der Waals surface area contributed by atoms with E-state index >= 15 is 0 Å². The van der Waals surface area contributed by atoms with Crippen molar-refractivity contribution in [1.82, 2.24) is 0 Å². The van der Waals surface area contributed by atoms with Crippen molar-refractivity contribution in [3.05, 3.63) is 125 Å². The second-order valence-electron chi connectivity index (χ2n) is 7.92. The van der Waals surface area contributed by atoms with E-state index in [4.69, 9.17) is 0 Å². The van der Waals surface area contributed by atoms with E-state index < -0.39 is 35.2 Å². The molecule has 35 heavy (non-hydrogen) atoms. The van der Waals surface area contributed by atoms with Gasteiger partial charge in [-0.25, -0.2) is 22.0 Å². The van der Waals surface area contributed by atoms with Crippen molar-refractivity contribution in [3.8, 4) is 22.3 Å². The predicted molar refractivity (Wildman–Crippen MR) is 121 cm³/mol. The van der Waals surface area contributed by atoms with Gasteiger partial charge in [0.05, 0.1) is 0 Å². The highest BCUT2D eigenvalue weighted by atomic mass is 19.3. The molecule has 0 radical (unpaired) electrons. The van der Waals surface area contributed by atoms with E-state index in [1.54, 1.807) is 18.2 Å². The predicted octanol–water partition coefficient (Wildman–Crippen LogP) is 8.90. The van der Waals surface area contributed by atoms with Gasteiger partial charge in [-0.15, -0.1) is 0 Å². The summed E-state index contributed by atoms with van der Waals surface area (Å²) in [6.07, 6.45) is -1.28. The summed E-state index contributed by atoms with van der Waals surface area (Å²) in [6.45, 7) is 0.